The van der Waals surface area contributed by atoms with Crippen LogP contribution in [0.4, 0.5) is 4.79 Å². The fraction of sp³-hybridized carbons (Fsp3) is 0.300. The molecule has 1 aliphatic heterocycles. The van der Waals surface area contributed by atoms with E-state index in [2.05, 4.69) is 5.32 Å². The van der Waals surface area contributed by atoms with Crippen LogP contribution in [0, 0.1) is 11.3 Å². The molecule has 26 heavy (non-hydrogen) atoms. The van der Waals surface area contributed by atoms with Gasteiger partial charge in [0, 0.05) is 5.56 Å². The molecule has 0 saturated carbocycles. The van der Waals surface area contributed by atoms with Crippen LogP contribution in [0.5, 0.6) is 5.75 Å². The smallest absolute Gasteiger partial charge is 0.407 e. The highest BCUT2D eigenvalue weighted by atomic mass is 16.6. The Labute approximate surface area is 152 Å². The van der Waals surface area contributed by atoms with E-state index >= 15 is 0 Å². The van der Waals surface area contributed by atoms with Crippen molar-refractivity contribution < 1.29 is 19.4 Å². The van der Waals surface area contributed by atoms with E-state index in [1.54, 1.807) is 32.0 Å². The molecule has 2 atom stereocenters. The van der Waals surface area contributed by atoms with Gasteiger partial charge in [0.05, 0.1) is 11.6 Å². The fourth-order valence-corrected chi connectivity index (χ4v) is 2.99. The van der Waals surface area contributed by atoms with E-state index in [1.165, 1.54) is 0 Å². The summed E-state index contributed by atoms with van der Waals surface area (Å²) in [4.78, 5) is 12.2. The van der Waals surface area contributed by atoms with Gasteiger partial charge in [-0.1, -0.05) is 30.3 Å². The maximum atomic E-state index is 12.2. The number of ether oxygens (including phenoxy) is 2. The first-order chi connectivity index (χ1) is 12.4. The summed E-state index contributed by atoms with van der Waals surface area (Å²) in [5, 5.41) is 22.5. The molecular weight excluding hydrogens is 332 g/mol. The van der Waals surface area contributed by atoms with Gasteiger partial charge in [-0.3, -0.25) is 0 Å². The number of benzene rings is 2. The van der Waals surface area contributed by atoms with Gasteiger partial charge in [0.2, 0.25) is 0 Å². The van der Waals surface area contributed by atoms with E-state index in [0.717, 1.165) is 5.56 Å². The molecule has 3 rings (SSSR count). The zero-order chi connectivity index (χ0) is 18.7. The molecule has 1 aliphatic rings. The van der Waals surface area contributed by atoms with Gasteiger partial charge >= 0.3 is 6.09 Å². The van der Waals surface area contributed by atoms with Crippen LogP contribution in [0.1, 0.15) is 36.6 Å². The van der Waals surface area contributed by atoms with Crippen LogP contribution in [0.15, 0.2) is 48.5 Å². The van der Waals surface area contributed by atoms with Gasteiger partial charge < -0.3 is 19.9 Å². The Hall–Kier alpha value is -3.04. The molecule has 0 bridgehead atoms. The zero-order valence-corrected chi connectivity index (χ0v) is 14.6. The molecule has 6 heteroatoms. The monoisotopic (exact) mass is 352 g/mol. The van der Waals surface area contributed by atoms with E-state index < -0.39 is 23.8 Å². The van der Waals surface area contributed by atoms with Crippen LogP contribution >= 0.6 is 0 Å². The van der Waals surface area contributed by atoms with Crippen molar-refractivity contribution in [2.45, 2.75) is 38.2 Å². The number of nitriles is 1. The second-order valence-electron chi connectivity index (χ2n) is 6.70. The minimum Gasteiger partial charge on any atom is -0.485 e. The van der Waals surface area contributed by atoms with Crippen LogP contribution in [0.2, 0.25) is 0 Å². The number of nitrogens with zero attached hydrogens (tertiary/aromatic N) is 1. The van der Waals surface area contributed by atoms with Crippen molar-refractivity contribution in [3.63, 3.8) is 0 Å². The zero-order valence-electron chi connectivity index (χ0n) is 14.6. The summed E-state index contributed by atoms with van der Waals surface area (Å²) >= 11 is 0. The molecule has 0 fully saturated rings. The molecule has 2 unspecified atom stereocenters. The molecule has 1 heterocycles. The van der Waals surface area contributed by atoms with Crippen molar-refractivity contribution in [3.05, 3.63) is 65.2 Å². The van der Waals surface area contributed by atoms with Gasteiger partial charge in [-0.25, -0.2) is 4.79 Å². The Kier molecular flexibility index (Phi) is 4.83. The standard InChI is InChI=1S/C20H20N2O4/c1-20(2)18(22-19(24)25-12-13-6-4-3-5-7-13)17(23)15-10-14(11-21)8-9-16(15)26-20/h3-10,17-18,23H,12H2,1-2H3,(H,22,24). The highest BCUT2D eigenvalue weighted by Gasteiger charge is 2.44. The molecule has 2 aromatic carbocycles. The molecule has 0 saturated heterocycles. The minimum absolute atomic E-state index is 0.131. The number of carbonyl (C=O) groups is 1. The Morgan fingerprint density at radius 1 is 1.31 bits per heavy atom. The highest BCUT2D eigenvalue weighted by molar-refractivity contribution is 5.68. The largest absolute Gasteiger partial charge is 0.485 e. The highest BCUT2D eigenvalue weighted by Crippen LogP contribution is 2.40. The molecule has 0 aliphatic carbocycles. The Morgan fingerprint density at radius 3 is 2.73 bits per heavy atom. The Balaban J connectivity index is 1.73. The van der Waals surface area contributed by atoms with Crippen molar-refractivity contribution in [1.29, 1.82) is 5.26 Å². The van der Waals surface area contributed by atoms with E-state index in [1.807, 2.05) is 36.4 Å². The third-order valence-electron chi connectivity index (χ3n) is 4.38. The number of alkyl carbamates (subject to hydrolysis) is 1. The van der Waals surface area contributed by atoms with Crippen molar-refractivity contribution >= 4 is 6.09 Å². The third kappa shape index (κ3) is 3.63. The summed E-state index contributed by atoms with van der Waals surface area (Å²) in [6.45, 7) is 3.69. The average molecular weight is 352 g/mol. The lowest BCUT2D eigenvalue weighted by Crippen LogP contribution is -2.57. The summed E-state index contributed by atoms with van der Waals surface area (Å²) < 4.78 is 11.2. The van der Waals surface area contributed by atoms with E-state index in [4.69, 9.17) is 14.7 Å². The molecule has 0 spiro atoms. The summed E-state index contributed by atoms with van der Waals surface area (Å²) in [6.07, 6.45) is -1.67. The molecule has 1 amide bonds. The van der Waals surface area contributed by atoms with E-state index in [9.17, 15) is 9.90 Å². The summed E-state index contributed by atoms with van der Waals surface area (Å²) in [7, 11) is 0. The lowest BCUT2D eigenvalue weighted by atomic mass is 9.85. The summed E-state index contributed by atoms with van der Waals surface area (Å²) in [6, 6.07) is 15.5. The number of aliphatic hydroxyl groups is 1. The Bertz CT molecular complexity index is 843. The number of nitrogens with one attached hydrogen (secondary N) is 1. The first-order valence-electron chi connectivity index (χ1n) is 8.29. The number of rotatable bonds is 3. The van der Waals surface area contributed by atoms with Crippen LogP contribution in [0.3, 0.4) is 0 Å². The number of aliphatic hydroxyl groups excluding tert-OH is 1. The number of carbonyl (C=O) groups excluding carboxylic acids is 1. The van der Waals surface area contributed by atoms with Gasteiger partial charge in [0.25, 0.3) is 0 Å². The fourth-order valence-electron chi connectivity index (χ4n) is 2.99. The van der Waals surface area contributed by atoms with Crippen LogP contribution in [-0.4, -0.2) is 22.8 Å². The quantitative estimate of drug-likeness (QED) is 0.886. The SMILES string of the molecule is CC1(C)Oc2ccc(C#N)cc2C(O)C1NC(=O)OCc1ccccc1. The van der Waals surface area contributed by atoms with Gasteiger partial charge in [-0.15, -0.1) is 0 Å². The second kappa shape index (κ2) is 7.06. The lowest BCUT2D eigenvalue weighted by Gasteiger charge is -2.42. The first kappa shape index (κ1) is 17.8. The predicted octanol–water partition coefficient (Wildman–Crippen LogP) is 3.06. The van der Waals surface area contributed by atoms with Crippen molar-refractivity contribution in [2.24, 2.45) is 0 Å². The van der Waals surface area contributed by atoms with E-state index in [0.29, 0.717) is 16.9 Å². The van der Waals surface area contributed by atoms with Gasteiger partial charge in [0.15, 0.2) is 0 Å². The van der Waals surface area contributed by atoms with Crippen molar-refractivity contribution in [2.75, 3.05) is 0 Å². The Morgan fingerprint density at radius 2 is 2.04 bits per heavy atom. The molecule has 134 valence electrons. The van der Waals surface area contributed by atoms with Gasteiger partial charge in [-0.2, -0.15) is 5.26 Å². The van der Waals surface area contributed by atoms with Crippen LogP contribution in [0.25, 0.3) is 0 Å². The van der Waals surface area contributed by atoms with Crippen LogP contribution in [-0.2, 0) is 11.3 Å². The van der Waals surface area contributed by atoms with Crippen LogP contribution < -0.4 is 10.1 Å². The van der Waals surface area contributed by atoms with Crippen molar-refractivity contribution in [3.8, 4) is 11.8 Å². The molecule has 0 aromatic heterocycles. The van der Waals surface area contributed by atoms with Gasteiger partial charge in [0.1, 0.15) is 30.1 Å². The number of fused-ring (bicyclic) bond motifs is 1. The lowest BCUT2D eigenvalue weighted by molar-refractivity contribution is -0.0276. The first-order valence-corrected chi connectivity index (χ1v) is 8.29. The minimum atomic E-state index is -1.02. The maximum absolute atomic E-state index is 12.2. The maximum Gasteiger partial charge on any atom is 0.407 e. The predicted molar refractivity (Wildman–Crippen MR) is 94.4 cm³/mol. The topological polar surface area (TPSA) is 91.6 Å². The second-order valence-corrected chi connectivity index (χ2v) is 6.70. The normalized spacial score (nSPS) is 20.2. The molecule has 2 N–H and O–H groups in total. The average Bonchev–Trinajstić information content (AvgIpc) is 2.64. The molecule has 6 nitrogen and oxygen atoms in total. The number of hydrogen-bond acceptors (Lipinski definition) is 5. The molecule has 2 aromatic rings. The molecule has 0 radical (unpaired) electrons. The number of hydrogen-bond donors (Lipinski definition) is 2. The molecular formula is C20H20N2O4. The number of amides is 1. The van der Waals surface area contributed by atoms with Crippen molar-refractivity contribution in [1.82, 2.24) is 5.32 Å². The summed E-state index contributed by atoms with van der Waals surface area (Å²) in [5.41, 5.74) is 0.895. The summed E-state index contributed by atoms with van der Waals surface area (Å²) in [5.74, 6) is 0.497. The van der Waals surface area contributed by atoms with Gasteiger partial charge in [-0.05, 0) is 37.6 Å². The third-order valence-corrected chi connectivity index (χ3v) is 4.38. The van der Waals surface area contributed by atoms with E-state index in [-0.39, 0.29) is 6.61 Å².